The SMILES string of the molecule is C=C(CC)c1c(C)ccc(F)c1CC(C)CCc1c(C)ccc(C)c1CC(C)C. The monoisotopic (exact) mass is 394 g/mol. The van der Waals surface area contributed by atoms with Gasteiger partial charge < -0.3 is 0 Å². The van der Waals surface area contributed by atoms with Crippen LogP contribution >= 0.6 is 0 Å². The molecule has 0 fully saturated rings. The molecule has 0 amide bonds. The lowest BCUT2D eigenvalue weighted by molar-refractivity contribution is 0.506. The van der Waals surface area contributed by atoms with Crippen LogP contribution in [0.4, 0.5) is 4.39 Å². The van der Waals surface area contributed by atoms with Gasteiger partial charge in [0.15, 0.2) is 0 Å². The van der Waals surface area contributed by atoms with Crippen LogP contribution in [0.1, 0.15) is 79.5 Å². The van der Waals surface area contributed by atoms with Crippen molar-refractivity contribution in [2.24, 2.45) is 11.8 Å². The molecule has 0 aliphatic carbocycles. The maximum atomic E-state index is 14.7. The van der Waals surface area contributed by atoms with E-state index in [0.29, 0.717) is 11.8 Å². The van der Waals surface area contributed by atoms with Crippen LogP contribution < -0.4 is 0 Å². The summed E-state index contributed by atoms with van der Waals surface area (Å²) in [5.41, 5.74) is 9.90. The molecule has 0 nitrogen and oxygen atoms in total. The lowest BCUT2D eigenvalue weighted by Gasteiger charge is -2.21. The fourth-order valence-corrected chi connectivity index (χ4v) is 4.42. The predicted octanol–water partition coefficient (Wildman–Crippen LogP) is 8.18. The first-order chi connectivity index (χ1) is 13.6. The third-order valence-electron chi connectivity index (χ3n) is 6.20. The van der Waals surface area contributed by atoms with Gasteiger partial charge in [0.2, 0.25) is 0 Å². The van der Waals surface area contributed by atoms with Crippen molar-refractivity contribution in [3.8, 4) is 0 Å². The van der Waals surface area contributed by atoms with E-state index in [1.165, 1.54) is 22.3 Å². The molecule has 0 spiro atoms. The second-order valence-corrected chi connectivity index (χ2v) is 9.28. The Morgan fingerprint density at radius 2 is 1.45 bits per heavy atom. The highest BCUT2D eigenvalue weighted by atomic mass is 19.1. The molecule has 0 bridgehead atoms. The van der Waals surface area contributed by atoms with Crippen molar-refractivity contribution in [1.29, 1.82) is 0 Å². The zero-order valence-corrected chi connectivity index (χ0v) is 19.6. The van der Waals surface area contributed by atoms with Crippen LogP contribution in [0.25, 0.3) is 5.57 Å². The van der Waals surface area contributed by atoms with Gasteiger partial charge >= 0.3 is 0 Å². The number of rotatable bonds is 9. The van der Waals surface area contributed by atoms with E-state index in [2.05, 4.69) is 67.2 Å². The summed E-state index contributed by atoms with van der Waals surface area (Å²) in [6, 6.07) is 8.01. The number of halogens is 1. The molecule has 1 atom stereocenters. The summed E-state index contributed by atoms with van der Waals surface area (Å²) in [5, 5.41) is 0. The van der Waals surface area contributed by atoms with E-state index in [4.69, 9.17) is 0 Å². The van der Waals surface area contributed by atoms with Crippen LogP contribution in [0, 0.1) is 38.4 Å². The summed E-state index contributed by atoms with van der Waals surface area (Å²) in [7, 11) is 0. The molecule has 1 unspecified atom stereocenters. The Morgan fingerprint density at radius 3 is 2.03 bits per heavy atom. The average Bonchev–Trinajstić information content (AvgIpc) is 2.66. The molecule has 0 aliphatic rings. The average molecular weight is 395 g/mol. The molecule has 29 heavy (non-hydrogen) atoms. The Balaban J connectivity index is 2.22. The largest absolute Gasteiger partial charge is 0.207 e. The van der Waals surface area contributed by atoms with Crippen molar-refractivity contribution in [2.75, 3.05) is 0 Å². The summed E-state index contributed by atoms with van der Waals surface area (Å²) in [4.78, 5) is 0. The fourth-order valence-electron chi connectivity index (χ4n) is 4.42. The second-order valence-electron chi connectivity index (χ2n) is 9.28. The van der Waals surface area contributed by atoms with E-state index >= 15 is 0 Å². The van der Waals surface area contributed by atoms with Gasteiger partial charge in [0.1, 0.15) is 5.82 Å². The van der Waals surface area contributed by atoms with Gasteiger partial charge in [0, 0.05) is 0 Å². The number of allylic oxidation sites excluding steroid dienone is 1. The Morgan fingerprint density at radius 1 is 0.862 bits per heavy atom. The van der Waals surface area contributed by atoms with Crippen LogP contribution in [-0.2, 0) is 19.3 Å². The third-order valence-corrected chi connectivity index (χ3v) is 6.20. The first kappa shape index (κ1) is 23.4. The molecule has 0 N–H and O–H groups in total. The van der Waals surface area contributed by atoms with Gasteiger partial charge in [-0.2, -0.15) is 0 Å². The molecule has 2 aromatic carbocycles. The summed E-state index contributed by atoms with van der Waals surface area (Å²) in [6.07, 6.45) is 4.89. The predicted molar refractivity (Wildman–Crippen MR) is 126 cm³/mol. The fraction of sp³-hybridized carbons (Fsp3) is 0.500. The van der Waals surface area contributed by atoms with Gasteiger partial charge in [0.25, 0.3) is 0 Å². The molecule has 0 saturated carbocycles. The van der Waals surface area contributed by atoms with Gasteiger partial charge in [0.05, 0.1) is 0 Å². The van der Waals surface area contributed by atoms with Crippen LogP contribution in [-0.4, -0.2) is 0 Å². The van der Waals surface area contributed by atoms with Crippen LogP contribution in [0.5, 0.6) is 0 Å². The topological polar surface area (TPSA) is 0 Å². The zero-order valence-electron chi connectivity index (χ0n) is 19.6. The maximum absolute atomic E-state index is 14.7. The highest BCUT2D eigenvalue weighted by Gasteiger charge is 2.17. The maximum Gasteiger partial charge on any atom is 0.127 e. The minimum Gasteiger partial charge on any atom is -0.207 e. The van der Waals surface area contributed by atoms with Crippen molar-refractivity contribution < 1.29 is 4.39 Å². The van der Waals surface area contributed by atoms with Crippen LogP contribution in [0.3, 0.4) is 0 Å². The Kier molecular flexibility index (Phi) is 8.25. The van der Waals surface area contributed by atoms with Gasteiger partial charge in [-0.05, 0) is 115 Å². The molecular formula is C28H39F. The quantitative estimate of drug-likeness (QED) is 0.402. The van der Waals surface area contributed by atoms with E-state index in [9.17, 15) is 4.39 Å². The minimum atomic E-state index is -0.0840. The molecular weight excluding hydrogens is 355 g/mol. The third kappa shape index (κ3) is 5.81. The Labute approximate surface area is 178 Å². The van der Waals surface area contributed by atoms with E-state index in [0.717, 1.165) is 54.4 Å². The lowest BCUT2D eigenvalue weighted by Crippen LogP contribution is -2.10. The Bertz CT molecular complexity index is 857. The Hall–Kier alpha value is -1.89. The number of hydrogen-bond donors (Lipinski definition) is 0. The molecule has 2 aromatic rings. The summed E-state index contributed by atoms with van der Waals surface area (Å²) in [5.74, 6) is 0.983. The summed E-state index contributed by atoms with van der Waals surface area (Å²) >= 11 is 0. The molecule has 158 valence electrons. The standard InChI is InChI=1S/C28H39F/c1-9-20(5)28-23(8)13-15-27(29)26(28)17-19(4)10-14-24-21(6)11-12-22(7)25(24)16-18(2)3/h11-13,15,18-19H,5,9-10,14,16-17H2,1-4,6-8H3. The smallest absolute Gasteiger partial charge is 0.127 e. The van der Waals surface area contributed by atoms with E-state index in [-0.39, 0.29) is 5.82 Å². The van der Waals surface area contributed by atoms with Gasteiger partial charge in [-0.1, -0.05) is 52.5 Å². The number of benzene rings is 2. The number of hydrogen-bond acceptors (Lipinski definition) is 0. The van der Waals surface area contributed by atoms with Gasteiger partial charge in [-0.3, -0.25) is 0 Å². The first-order valence-electron chi connectivity index (χ1n) is 11.2. The summed E-state index contributed by atoms with van der Waals surface area (Å²) in [6.45, 7) is 19.7. The minimum absolute atomic E-state index is 0.0840. The second kappa shape index (κ2) is 10.2. The van der Waals surface area contributed by atoms with Crippen molar-refractivity contribution >= 4 is 5.57 Å². The van der Waals surface area contributed by atoms with Crippen molar-refractivity contribution in [2.45, 2.75) is 80.6 Å². The van der Waals surface area contributed by atoms with Crippen LogP contribution in [0.15, 0.2) is 30.8 Å². The van der Waals surface area contributed by atoms with Crippen molar-refractivity contribution in [3.63, 3.8) is 0 Å². The van der Waals surface area contributed by atoms with Crippen molar-refractivity contribution in [3.05, 3.63) is 75.6 Å². The molecule has 1 heteroatoms. The van der Waals surface area contributed by atoms with E-state index in [1.54, 1.807) is 6.07 Å². The van der Waals surface area contributed by atoms with Gasteiger partial charge in [-0.25, -0.2) is 4.39 Å². The summed E-state index contributed by atoms with van der Waals surface area (Å²) < 4.78 is 14.7. The lowest BCUT2D eigenvalue weighted by atomic mass is 9.84. The molecule has 0 heterocycles. The normalized spacial score (nSPS) is 12.4. The molecule has 0 saturated heterocycles. The first-order valence-corrected chi connectivity index (χ1v) is 11.2. The van der Waals surface area contributed by atoms with Crippen LogP contribution in [0.2, 0.25) is 0 Å². The van der Waals surface area contributed by atoms with E-state index in [1.807, 2.05) is 6.07 Å². The molecule has 0 aliphatic heterocycles. The molecule has 0 radical (unpaired) electrons. The zero-order chi connectivity index (χ0) is 21.7. The molecule has 2 rings (SSSR count). The highest BCUT2D eigenvalue weighted by Crippen LogP contribution is 2.30. The van der Waals surface area contributed by atoms with Gasteiger partial charge in [-0.15, -0.1) is 0 Å². The number of aryl methyl sites for hydroxylation is 3. The highest BCUT2D eigenvalue weighted by molar-refractivity contribution is 5.69. The van der Waals surface area contributed by atoms with Crippen molar-refractivity contribution in [1.82, 2.24) is 0 Å². The molecule has 0 aromatic heterocycles. The van der Waals surface area contributed by atoms with E-state index < -0.39 is 0 Å².